The fourth-order valence-electron chi connectivity index (χ4n) is 2.64. The number of carboxylic acids is 1. The SMILES string of the molecule is CCONC(=O)CCCCCCC(=O)Cc1cccc(OCCCC(=O)O)c1. The molecule has 156 valence electrons. The molecule has 0 aliphatic rings. The third-order valence-electron chi connectivity index (χ3n) is 4.04. The minimum atomic E-state index is -0.836. The van der Waals surface area contributed by atoms with Crippen LogP contribution in [0.4, 0.5) is 0 Å². The number of carbonyl (C=O) groups excluding carboxylic acids is 2. The van der Waals surface area contributed by atoms with E-state index in [1.807, 2.05) is 25.1 Å². The molecule has 1 aromatic carbocycles. The average molecular weight is 393 g/mol. The van der Waals surface area contributed by atoms with E-state index in [2.05, 4.69) is 5.48 Å². The number of hydroxylamine groups is 1. The normalized spacial score (nSPS) is 10.5. The van der Waals surface area contributed by atoms with Crippen LogP contribution >= 0.6 is 0 Å². The van der Waals surface area contributed by atoms with E-state index < -0.39 is 5.97 Å². The van der Waals surface area contributed by atoms with Crippen LogP contribution in [0.2, 0.25) is 0 Å². The highest BCUT2D eigenvalue weighted by Crippen LogP contribution is 2.16. The van der Waals surface area contributed by atoms with Gasteiger partial charge in [0.05, 0.1) is 13.2 Å². The van der Waals surface area contributed by atoms with Crippen LogP contribution in [-0.4, -0.2) is 36.0 Å². The van der Waals surface area contributed by atoms with Crippen LogP contribution < -0.4 is 10.2 Å². The maximum Gasteiger partial charge on any atom is 0.303 e. The van der Waals surface area contributed by atoms with Gasteiger partial charge in [0, 0.05) is 25.7 Å². The largest absolute Gasteiger partial charge is 0.494 e. The van der Waals surface area contributed by atoms with Crippen LogP contribution in [-0.2, 0) is 25.6 Å². The van der Waals surface area contributed by atoms with Crippen molar-refractivity contribution in [1.82, 2.24) is 5.48 Å². The molecule has 0 fully saturated rings. The number of ether oxygens (including phenoxy) is 1. The van der Waals surface area contributed by atoms with Crippen LogP contribution in [0.3, 0.4) is 0 Å². The van der Waals surface area contributed by atoms with Crippen LogP contribution in [0.15, 0.2) is 24.3 Å². The molecule has 28 heavy (non-hydrogen) atoms. The Bertz CT molecular complexity index is 617. The summed E-state index contributed by atoms with van der Waals surface area (Å²) < 4.78 is 5.53. The highest BCUT2D eigenvalue weighted by Gasteiger charge is 2.06. The van der Waals surface area contributed by atoms with E-state index in [1.165, 1.54) is 0 Å². The van der Waals surface area contributed by atoms with Gasteiger partial charge in [-0.25, -0.2) is 5.48 Å². The lowest BCUT2D eigenvalue weighted by atomic mass is 10.0. The lowest BCUT2D eigenvalue weighted by Gasteiger charge is -2.07. The van der Waals surface area contributed by atoms with Crippen LogP contribution in [0.5, 0.6) is 5.75 Å². The summed E-state index contributed by atoms with van der Waals surface area (Å²) in [6.07, 6.45) is 5.28. The lowest BCUT2D eigenvalue weighted by molar-refractivity contribution is -0.137. The molecule has 7 heteroatoms. The zero-order chi connectivity index (χ0) is 20.6. The fourth-order valence-corrected chi connectivity index (χ4v) is 2.64. The van der Waals surface area contributed by atoms with Gasteiger partial charge in [-0.15, -0.1) is 0 Å². The molecule has 0 saturated heterocycles. The van der Waals surface area contributed by atoms with E-state index in [1.54, 1.807) is 6.07 Å². The molecule has 1 amide bonds. The Labute approximate surface area is 166 Å². The minimum absolute atomic E-state index is 0.0787. The molecule has 0 atom stereocenters. The van der Waals surface area contributed by atoms with Crippen molar-refractivity contribution in [1.29, 1.82) is 0 Å². The summed E-state index contributed by atoms with van der Waals surface area (Å²) in [6.45, 7) is 2.60. The summed E-state index contributed by atoms with van der Waals surface area (Å²) in [5, 5.41) is 8.61. The molecule has 0 aliphatic heterocycles. The number of nitrogens with one attached hydrogen (secondary N) is 1. The first-order valence-corrected chi connectivity index (χ1v) is 9.87. The van der Waals surface area contributed by atoms with Crippen molar-refractivity contribution in [2.45, 2.75) is 64.7 Å². The van der Waals surface area contributed by atoms with E-state index in [0.29, 0.717) is 44.6 Å². The van der Waals surface area contributed by atoms with Gasteiger partial charge in [0.2, 0.25) is 5.91 Å². The number of ketones is 1. The predicted octanol–water partition coefficient (Wildman–Crippen LogP) is 3.45. The van der Waals surface area contributed by atoms with E-state index in [9.17, 15) is 14.4 Å². The number of hydrogen-bond acceptors (Lipinski definition) is 5. The number of unbranched alkanes of at least 4 members (excludes halogenated alkanes) is 3. The Morgan fingerprint density at radius 1 is 1.00 bits per heavy atom. The Balaban J connectivity index is 2.17. The molecule has 0 heterocycles. The molecule has 0 saturated carbocycles. The predicted molar refractivity (Wildman–Crippen MR) is 105 cm³/mol. The van der Waals surface area contributed by atoms with Gasteiger partial charge in [0.1, 0.15) is 11.5 Å². The molecule has 1 rings (SSSR count). The Morgan fingerprint density at radius 3 is 2.46 bits per heavy atom. The van der Waals surface area contributed by atoms with Crippen LogP contribution in [0.25, 0.3) is 0 Å². The highest BCUT2D eigenvalue weighted by atomic mass is 16.6. The van der Waals surface area contributed by atoms with Crippen molar-refractivity contribution in [3.8, 4) is 5.75 Å². The molecule has 0 unspecified atom stereocenters. The van der Waals surface area contributed by atoms with Crippen LogP contribution in [0, 0.1) is 0 Å². The highest BCUT2D eigenvalue weighted by molar-refractivity contribution is 5.80. The number of carboxylic acid groups (broad SMARTS) is 1. The van der Waals surface area contributed by atoms with Crippen molar-refractivity contribution in [3.05, 3.63) is 29.8 Å². The van der Waals surface area contributed by atoms with Crippen LogP contribution in [0.1, 0.15) is 63.9 Å². The molecule has 7 nitrogen and oxygen atoms in total. The van der Waals surface area contributed by atoms with E-state index in [-0.39, 0.29) is 18.1 Å². The first-order valence-electron chi connectivity index (χ1n) is 9.87. The molecule has 0 radical (unpaired) electrons. The number of rotatable bonds is 16. The molecular formula is C21H31NO6. The third-order valence-corrected chi connectivity index (χ3v) is 4.04. The van der Waals surface area contributed by atoms with E-state index in [0.717, 1.165) is 31.2 Å². The standard InChI is InChI=1S/C21H31NO6/c1-2-28-22-20(24)12-6-4-3-5-10-18(23)15-17-9-7-11-19(16-17)27-14-8-13-21(25)26/h7,9,11,16H,2-6,8,10,12-15H2,1H3,(H,22,24)(H,25,26). The van der Waals surface area contributed by atoms with Gasteiger partial charge in [-0.3, -0.25) is 19.2 Å². The van der Waals surface area contributed by atoms with Crippen molar-refractivity contribution < 1.29 is 29.1 Å². The summed E-state index contributed by atoms with van der Waals surface area (Å²) in [6, 6.07) is 7.35. The second kappa shape index (κ2) is 14.6. The zero-order valence-corrected chi connectivity index (χ0v) is 16.6. The van der Waals surface area contributed by atoms with Gasteiger partial charge in [-0.05, 0) is 43.9 Å². The summed E-state index contributed by atoms with van der Waals surface area (Å²) in [5.41, 5.74) is 3.26. The molecule has 1 aromatic rings. The lowest BCUT2D eigenvalue weighted by Crippen LogP contribution is -2.23. The molecule has 0 bridgehead atoms. The van der Waals surface area contributed by atoms with Gasteiger partial charge >= 0.3 is 5.97 Å². The maximum absolute atomic E-state index is 12.1. The number of benzene rings is 1. The average Bonchev–Trinajstić information content (AvgIpc) is 2.66. The third kappa shape index (κ3) is 12.1. The Morgan fingerprint density at radius 2 is 1.75 bits per heavy atom. The van der Waals surface area contributed by atoms with Gasteiger partial charge < -0.3 is 9.84 Å². The van der Waals surface area contributed by atoms with Crippen molar-refractivity contribution in [3.63, 3.8) is 0 Å². The summed E-state index contributed by atoms with van der Waals surface area (Å²) in [7, 11) is 0. The first kappa shape index (κ1) is 23.6. The van der Waals surface area contributed by atoms with Gasteiger partial charge in [-0.2, -0.15) is 0 Å². The summed E-state index contributed by atoms with van der Waals surface area (Å²) in [5.74, 6) is -0.113. The van der Waals surface area contributed by atoms with Crippen molar-refractivity contribution >= 4 is 17.7 Å². The van der Waals surface area contributed by atoms with E-state index in [4.69, 9.17) is 14.7 Å². The molecule has 0 aromatic heterocycles. The summed E-state index contributed by atoms with van der Waals surface area (Å²) >= 11 is 0. The Kier molecular flexibility index (Phi) is 12.3. The smallest absolute Gasteiger partial charge is 0.303 e. The fraction of sp³-hybridized carbons (Fsp3) is 0.571. The monoisotopic (exact) mass is 393 g/mol. The zero-order valence-electron chi connectivity index (χ0n) is 16.6. The molecule has 2 N–H and O–H groups in total. The van der Waals surface area contributed by atoms with Gasteiger partial charge in [-0.1, -0.05) is 25.0 Å². The molecule has 0 spiro atoms. The van der Waals surface area contributed by atoms with Gasteiger partial charge in [0.25, 0.3) is 0 Å². The number of aliphatic carboxylic acids is 1. The van der Waals surface area contributed by atoms with E-state index >= 15 is 0 Å². The number of amides is 1. The Hall–Kier alpha value is -2.41. The first-order chi connectivity index (χ1) is 13.5. The summed E-state index contributed by atoms with van der Waals surface area (Å²) in [4.78, 5) is 38.8. The van der Waals surface area contributed by atoms with Crippen molar-refractivity contribution in [2.75, 3.05) is 13.2 Å². The molecular weight excluding hydrogens is 362 g/mol. The topological polar surface area (TPSA) is 102 Å². The van der Waals surface area contributed by atoms with Gasteiger partial charge in [0.15, 0.2) is 0 Å². The number of carbonyl (C=O) groups is 3. The number of hydrogen-bond donors (Lipinski definition) is 2. The second-order valence-electron chi connectivity index (χ2n) is 6.58. The molecule has 0 aliphatic carbocycles. The quantitative estimate of drug-likeness (QED) is 0.329. The van der Waals surface area contributed by atoms with Crippen molar-refractivity contribution in [2.24, 2.45) is 0 Å². The second-order valence-corrected chi connectivity index (χ2v) is 6.58. The maximum atomic E-state index is 12.1. The minimum Gasteiger partial charge on any atom is -0.494 e. The number of Topliss-reactive ketones (excluding diaryl/α,β-unsaturated/α-hetero) is 1.